The molecule has 1 atom stereocenters. The molecule has 0 spiro atoms. The van der Waals surface area contributed by atoms with E-state index < -0.39 is 5.97 Å². The maximum atomic E-state index is 11.5. The maximum absolute atomic E-state index is 11.5. The Kier molecular flexibility index (Phi) is 6.97. The summed E-state index contributed by atoms with van der Waals surface area (Å²) in [5.74, 6) is -0.392. The molecule has 0 aliphatic carbocycles. The van der Waals surface area contributed by atoms with Crippen molar-refractivity contribution < 1.29 is 19.4 Å². The topological polar surface area (TPSA) is 87.7 Å². The van der Waals surface area contributed by atoms with Gasteiger partial charge in [-0.05, 0) is 37.6 Å². The van der Waals surface area contributed by atoms with Gasteiger partial charge >= 0.3 is 12.0 Å². The minimum Gasteiger partial charge on any atom is -0.463 e. The lowest BCUT2D eigenvalue weighted by Crippen LogP contribution is -2.38. The molecule has 6 heteroatoms. The highest BCUT2D eigenvalue weighted by molar-refractivity contribution is 5.90. The number of rotatable bonds is 6. The van der Waals surface area contributed by atoms with Crippen molar-refractivity contribution in [1.29, 1.82) is 0 Å². The van der Waals surface area contributed by atoms with Crippen LogP contribution >= 0.6 is 0 Å². The van der Waals surface area contributed by atoms with Crippen molar-refractivity contribution in [1.82, 2.24) is 5.32 Å². The number of hydrogen-bond donors (Lipinski definition) is 3. The molecule has 1 unspecified atom stereocenters. The van der Waals surface area contributed by atoms with Crippen LogP contribution in [-0.4, -0.2) is 36.4 Å². The number of amides is 2. The number of ether oxygens (including phenoxy) is 1. The van der Waals surface area contributed by atoms with Gasteiger partial charge in [-0.15, -0.1) is 0 Å². The molecular formula is C15H20N2O4. The molecule has 0 aliphatic rings. The third-order valence-electron chi connectivity index (χ3n) is 2.52. The number of nitrogens with one attached hydrogen (secondary N) is 2. The summed E-state index contributed by atoms with van der Waals surface area (Å²) in [5.41, 5.74) is 1.43. The first-order valence-electron chi connectivity index (χ1n) is 6.68. The molecule has 1 aromatic rings. The summed E-state index contributed by atoms with van der Waals surface area (Å²) < 4.78 is 4.78. The van der Waals surface area contributed by atoms with Gasteiger partial charge in [0.25, 0.3) is 0 Å². The first-order valence-corrected chi connectivity index (χ1v) is 6.68. The van der Waals surface area contributed by atoms with Crippen molar-refractivity contribution in [2.75, 3.05) is 18.5 Å². The average Bonchev–Trinajstić information content (AvgIpc) is 2.46. The number of benzene rings is 1. The van der Waals surface area contributed by atoms with Crippen LogP contribution in [0.3, 0.4) is 0 Å². The standard InChI is InChI=1S/C15H20N2O4/c1-3-21-14(19)9-6-12-4-7-13(8-5-12)17-15(20)16-11(2)10-18/h4-9,11,18H,3,10H2,1-2H3,(H2,16,17,20)/b9-6+. The number of anilines is 1. The molecule has 0 radical (unpaired) electrons. The first-order chi connectivity index (χ1) is 10.0. The number of aliphatic hydroxyl groups is 1. The zero-order valence-electron chi connectivity index (χ0n) is 12.1. The average molecular weight is 292 g/mol. The smallest absolute Gasteiger partial charge is 0.330 e. The molecule has 114 valence electrons. The Hall–Kier alpha value is -2.34. The van der Waals surface area contributed by atoms with Crippen LogP contribution in [-0.2, 0) is 9.53 Å². The van der Waals surface area contributed by atoms with Gasteiger partial charge in [0.2, 0.25) is 0 Å². The number of esters is 1. The molecule has 21 heavy (non-hydrogen) atoms. The summed E-state index contributed by atoms with van der Waals surface area (Å²) in [6.07, 6.45) is 2.98. The minimum absolute atomic E-state index is 0.120. The second kappa shape index (κ2) is 8.76. The van der Waals surface area contributed by atoms with Crippen LogP contribution in [0.15, 0.2) is 30.3 Å². The summed E-state index contributed by atoms with van der Waals surface area (Å²) >= 11 is 0. The van der Waals surface area contributed by atoms with E-state index in [4.69, 9.17) is 9.84 Å². The van der Waals surface area contributed by atoms with Gasteiger partial charge in [0.1, 0.15) is 0 Å². The molecular weight excluding hydrogens is 272 g/mol. The molecule has 0 aromatic heterocycles. The van der Waals surface area contributed by atoms with Crippen molar-refractivity contribution in [3.63, 3.8) is 0 Å². The van der Waals surface area contributed by atoms with Gasteiger partial charge < -0.3 is 20.5 Å². The Labute approximate surface area is 123 Å². The van der Waals surface area contributed by atoms with E-state index in [1.54, 1.807) is 44.2 Å². The van der Waals surface area contributed by atoms with Crippen LogP contribution < -0.4 is 10.6 Å². The quantitative estimate of drug-likeness (QED) is 0.551. The highest BCUT2D eigenvalue weighted by Crippen LogP contribution is 2.10. The van der Waals surface area contributed by atoms with E-state index in [9.17, 15) is 9.59 Å². The van der Waals surface area contributed by atoms with Crippen molar-refractivity contribution in [3.8, 4) is 0 Å². The van der Waals surface area contributed by atoms with Gasteiger partial charge in [-0.25, -0.2) is 9.59 Å². The van der Waals surface area contributed by atoms with E-state index in [0.717, 1.165) is 5.56 Å². The molecule has 0 bridgehead atoms. The number of urea groups is 1. The molecule has 3 N–H and O–H groups in total. The van der Waals surface area contributed by atoms with Crippen molar-refractivity contribution in [3.05, 3.63) is 35.9 Å². The zero-order valence-corrected chi connectivity index (χ0v) is 12.1. The monoisotopic (exact) mass is 292 g/mol. The minimum atomic E-state index is -0.392. The van der Waals surface area contributed by atoms with Gasteiger partial charge in [-0.3, -0.25) is 0 Å². The fraction of sp³-hybridized carbons (Fsp3) is 0.333. The van der Waals surface area contributed by atoms with Crippen LogP contribution in [0.25, 0.3) is 6.08 Å². The van der Waals surface area contributed by atoms with Gasteiger partial charge in [0.15, 0.2) is 0 Å². The van der Waals surface area contributed by atoms with E-state index >= 15 is 0 Å². The van der Waals surface area contributed by atoms with Gasteiger partial charge in [0, 0.05) is 11.8 Å². The van der Waals surface area contributed by atoms with E-state index in [-0.39, 0.29) is 18.7 Å². The summed E-state index contributed by atoms with van der Waals surface area (Å²) in [4.78, 5) is 22.7. The maximum Gasteiger partial charge on any atom is 0.330 e. The third-order valence-corrected chi connectivity index (χ3v) is 2.52. The van der Waals surface area contributed by atoms with Crippen LogP contribution in [0.4, 0.5) is 10.5 Å². The van der Waals surface area contributed by atoms with Crippen LogP contribution in [0.1, 0.15) is 19.4 Å². The van der Waals surface area contributed by atoms with Gasteiger partial charge in [-0.2, -0.15) is 0 Å². The predicted molar refractivity (Wildman–Crippen MR) is 80.8 cm³/mol. The van der Waals surface area contributed by atoms with E-state index in [2.05, 4.69) is 10.6 Å². The van der Waals surface area contributed by atoms with E-state index in [1.807, 2.05) is 0 Å². The Morgan fingerprint density at radius 1 is 1.33 bits per heavy atom. The normalized spacial score (nSPS) is 12.0. The highest BCUT2D eigenvalue weighted by Gasteiger charge is 2.05. The summed E-state index contributed by atoms with van der Waals surface area (Å²) in [5, 5.41) is 14.1. The third kappa shape index (κ3) is 6.58. The molecule has 0 saturated heterocycles. The number of hydrogen-bond acceptors (Lipinski definition) is 4. The van der Waals surface area contributed by atoms with Crippen LogP contribution in [0.2, 0.25) is 0 Å². The first kappa shape index (κ1) is 16.7. The lowest BCUT2D eigenvalue weighted by atomic mass is 10.2. The summed E-state index contributed by atoms with van der Waals surface area (Å²) in [6, 6.07) is 6.27. The number of carbonyl (C=O) groups excluding carboxylic acids is 2. The molecule has 0 fully saturated rings. The Morgan fingerprint density at radius 2 is 2.00 bits per heavy atom. The van der Waals surface area contributed by atoms with Crippen LogP contribution in [0, 0.1) is 0 Å². The molecule has 0 heterocycles. The lowest BCUT2D eigenvalue weighted by Gasteiger charge is -2.11. The lowest BCUT2D eigenvalue weighted by molar-refractivity contribution is -0.137. The highest BCUT2D eigenvalue weighted by atomic mass is 16.5. The molecule has 1 rings (SSSR count). The SMILES string of the molecule is CCOC(=O)/C=C/c1ccc(NC(=O)NC(C)CO)cc1. The molecule has 0 aliphatic heterocycles. The molecule has 6 nitrogen and oxygen atoms in total. The Balaban J connectivity index is 2.54. The number of aliphatic hydroxyl groups excluding tert-OH is 1. The van der Waals surface area contributed by atoms with Crippen molar-refractivity contribution in [2.45, 2.75) is 19.9 Å². The fourth-order valence-electron chi connectivity index (χ4n) is 1.47. The van der Waals surface area contributed by atoms with E-state index in [0.29, 0.717) is 12.3 Å². The van der Waals surface area contributed by atoms with Crippen LogP contribution in [0.5, 0.6) is 0 Å². The largest absolute Gasteiger partial charge is 0.463 e. The summed E-state index contributed by atoms with van der Waals surface area (Å²) in [7, 11) is 0. The van der Waals surface area contributed by atoms with Crippen molar-refractivity contribution >= 4 is 23.8 Å². The Morgan fingerprint density at radius 3 is 2.57 bits per heavy atom. The Bertz CT molecular complexity index is 497. The van der Waals surface area contributed by atoms with E-state index in [1.165, 1.54) is 6.08 Å². The predicted octanol–water partition coefficient (Wildman–Crippen LogP) is 1.77. The van der Waals surface area contributed by atoms with Gasteiger partial charge in [-0.1, -0.05) is 12.1 Å². The molecule has 0 saturated carbocycles. The molecule has 1 aromatic carbocycles. The number of carbonyl (C=O) groups is 2. The summed E-state index contributed by atoms with van der Waals surface area (Å²) in [6.45, 7) is 3.66. The zero-order chi connectivity index (χ0) is 15.7. The van der Waals surface area contributed by atoms with Crippen molar-refractivity contribution in [2.24, 2.45) is 0 Å². The second-order valence-corrected chi connectivity index (χ2v) is 4.39. The fourth-order valence-corrected chi connectivity index (χ4v) is 1.47. The molecule has 2 amide bonds. The van der Waals surface area contributed by atoms with Gasteiger partial charge in [0.05, 0.1) is 19.3 Å². The second-order valence-electron chi connectivity index (χ2n) is 4.39.